The number of amides is 1. The highest BCUT2D eigenvalue weighted by Crippen LogP contribution is 2.38. The Morgan fingerprint density at radius 3 is 2.58 bits per heavy atom. The molecule has 0 unspecified atom stereocenters. The lowest BCUT2D eigenvalue weighted by Crippen LogP contribution is -2.51. The van der Waals surface area contributed by atoms with Gasteiger partial charge in [-0.05, 0) is 42.0 Å². The Kier molecular flexibility index (Phi) is 8.80. The van der Waals surface area contributed by atoms with Gasteiger partial charge < -0.3 is 14.1 Å². The molecule has 0 aromatic heterocycles. The van der Waals surface area contributed by atoms with E-state index in [1.54, 1.807) is 6.92 Å². The first kappa shape index (κ1) is 23.6. The predicted molar refractivity (Wildman–Crippen MR) is 116 cm³/mol. The van der Waals surface area contributed by atoms with Gasteiger partial charge in [-0.15, -0.1) is 0 Å². The van der Waals surface area contributed by atoms with E-state index in [0.29, 0.717) is 26.2 Å². The number of likely N-dealkylation sites (tertiary alicyclic amines) is 1. The second kappa shape index (κ2) is 9.68. The van der Waals surface area contributed by atoms with Crippen molar-refractivity contribution < 1.29 is 18.8 Å². The number of ether oxygens (including phenoxy) is 1. The zero-order valence-electron chi connectivity index (χ0n) is 17.1. The Hall–Kier alpha value is -0.413. The number of piperidine rings is 1. The first-order valence-electron chi connectivity index (χ1n) is 9.36. The monoisotopic (exact) mass is 495 g/mol. The van der Waals surface area contributed by atoms with Gasteiger partial charge in [-0.3, -0.25) is 9.59 Å². The lowest BCUT2D eigenvalue weighted by molar-refractivity contribution is -0.154. The molecule has 0 spiro atoms. The lowest BCUT2D eigenvalue weighted by Gasteiger charge is -2.41. The Balaban J connectivity index is 2.79. The first-order chi connectivity index (χ1) is 12.0. The zero-order chi connectivity index (χ0) is 20.0. The standard InChI is InChI=1S/C19H34INO4Si/c1-7-24-16(22)15-19(10-11-20)9-8-12-21(17(19)23)13-14-25-26(5,6)18(2,3)4/h10-11H,7-9,12-15H2,1-6H3/b11-10-/t19-/m1/s1. The average molecular weight is 495 g/mol. The summed E-state index contributed by atoms with van der Waals surface area (Å²) in [5, 5.41) is 0.149. The van der Waals surface area contributed by atoms with E-state index in [9.17, 15) is 9.59 Å². The SMILES string of the molecule is CCOC(=O)C[C@]1(/C=C\I)CCCN(CCO[Si](C)(C)C(C)(C)C)C1=O. The van der Waals surface area contributed by atoms with Crippen molar-refractivity contribution in [3.63, 3.8) is 0 Å². The van der Waals surface area contributed by atoms with Crippen LogP contribution in [0.1, 0.15) is 47.0 Å². The zero-order valence-corrected chi connectivity index (χ0v) is 20.2. The van der Waals surface area contributed by atoms with Gasteiger partial charge >= 0.3 is 5.97 Å². The number of nitrogens with zero attached hydrogens (tertiary/aromatic N) is 1. The van der Waals surface area contributed by atoms with Crippen molar-refractivity contribution in [2.45, 2.75) is 65.1 Å². The van der Waals surface area contributed by atoms with Crippen molar-refractivity contribution in [1.29, 1.82) is 0 Å². The first-order valence-corrected chi connectivity index (χ1v) is 13.5. The fourth-order valence-electron chi connectivity index (χ4n) is 2.92. The van der Waals surface area contributed by atoms with Crippen LogP contribution >= 0.6 is 22.6 Å². The fraction of sp³-hybridized carbons (Fsp3) is 0.789. The van der Waals surface area contributed by atoms with Crippen LogP contribution in [0.2, 0.25) is 18.1 Å². The molecule has 1 heterocycles. The maximum atomic E-state index is 13.1. The molecule has 26 heavy (non-hydrogen) atoms. The maximum absolute atomic E-state index is 13.1. The topological polar surface area (TPSA) is 55.8 Å². The average Bonchev–Trinajstić information content (AvgIpc) is 2.50. The molecule has 1 fully saturated rings. The smallest absolute Gasteiger partial charge is 0.307 e. The summed E-state index contributed by atoms with van der Waals surface area (Å²) in [5.74, 6) is -0.293. The Morgan fingerprint density at radius 1 is 1.38 bits per heavy atom. The van der Waals surface area contributed by atoms with Crippen LogP contribution in [0.5, 0.6) is 0 Å². The molecule has 0 radical (unpaired) electrons. The Labute approximate surface area is 173 Å². The number of carbonyl (C=O) groups is 2. The summed E-state index contributed by atoms with van der Waals surface area (Å²) in [6.45, 7) is 15.0. The number of hydrogen-bond acceptors (Lipinski definition) is 4. The molecule has 0 bridgehead atoms. The minimum atomic E-state index is -1.83. The van der Waals surface area contributed by atoms with Crippen LogP contribution in [-0.4, -0.2) is 51.4 Å². The number of halogens is 1. The molecule has 1 rings (SSSR count). The van der Waals surface area contributed by atoms with E-state index in [2.05, 4.69) is 56.5 Å². The van der Waals surface area contributed by atoms with Crippen molar-refractivity contribution in [2.75, 3.05) is 26.3 Å². The van der Waals surface area contributed by atoms with E-state index in [-0.39, 0.29) is 23.3 Å². The summed E-state index contributed by atoms with van der Waals surface area (Å²) in [5.41, 5.74) is -0.775. The molecule has 0 aliphatic carbocycles. The third-order valence-corrected chi connectivity index (χ3v) is 10.4. The Bertz CT molecular complexity index is 530. The molecular weight excluding hydrogens is 461 g/mol. The van der Waals surface area contributed by atoms with Crippen LogP contribution in [0.3, 0.4) is 0 Å². The molecular formula is C19H34INO4Si. The van der Waals surface area contributed by atoms with Crippen molar-refractivity contribution in [1.82, 2.24) is 4.90 Å². The van der Waals surface area contributed by atoms with Crippen molar-refractivity contribution in [3.05, 3.63) is 10.2 Å². The molecule has 0 aromatic carbocycles. The second-order valence-electron chi connectivity index (χ2n) is 8.44. The molecule has 150 valence electrons. The summed E-state index contributed by atoms with van der Waals surface area (Å²) in [4.78, 5) is 27.1. The normalized spacial score (nSPS) is 22.1. The van der Waals surface area contributed by atoms with E-state index in [0.717, 1.165) is 13.0 Å². The third kappa shape index (κ3) is 6.05. The van der Waals surface area contributed by atoms with Gasteiger partial charge in [0.25, 0.3) is 0 Å². The van der Waals surface area contributed by atoms with Crippen LogP contribution in [0.15, 0.2) is 10.2 Å². The van der Waals surface area contributed by atoms with Crippen molar-refractivity contribution >= 4 is 42.8 Å². The highest BCUT2D eigenvalue weighted by Gasteiger charge is 2.44. The van der Waals surface area contributed by atoms with Gasteiger partial charge in [-0.25, -0.2) is 0 Å². The van der Waals surface area contributed by atoms with Gasteiger partial charge in [0.15, 0.2) is 8.32 Å². The van der Waals surface area contributed by atoms with E-state index in [4.69, 9.17) is 9.16 Å². The van der Waals surface area contributed by atoms with Gasteiger partial charge in [0, 0.05) is 13.1 Å². The molecule has 5 nitrogen and oxygen atoms in total. The summed E-state index contributed by atoms with van der Waals surface area (Å²) in [6, 6.07) is 0. The van der Waals surface area contributed by atoms with Crippen LogP contribution in [0.25, 0.3) is 0 Å². The Morgan fingerprint density at radius 2 is 2.04 bits per heavy atom. The van der Waals surface area contributed by atoms with E-state index >= 15 is 0 Å². The minimum absolute atomic E-state index is 0.0172. The van der Waals surface area contributed by atoms with Crippen LogP contribution in [0.4, 0.5) is 0 Å². The van der Waals surface area contributed by atoms with Gasteiger partial charge in [-0.1, -0.05) is 49.4 Å². The molecule has 1 atom stereocenters. The van der Waals surface area contributed by atoms with Crippen LogP contribution in [0, 0.1) is 5.41 Å². The summed E-state index contributed by atoms with van der Waals surface area (Å²) in [6.07, 6.45) is 3.54. The van der Waals surface area contributed by atoms with E-state index in [1.807, 2.05) is 15.1 Å². The van der Waals surface area contributed by atoms with Gasteiger partial charge in [0.2, 0.25) is 5.91 Å². The quantitative estimate of drug-likeness (QED) is 0.282. The molecule has 1 saturated heterocycles. The number of rotatable bonds is 8. The molecule has 1 amide bonds. The number of hydrogen-bond donors (Lipinski definition) is 0. The molecule has 0 N–H and O–H groups in total. The van der Waals surface area contributed by atoms with Crippen molar-refractivity contribution in [2.24, 2.45) is 5.41 Å². The maximum Gasteiger partial charge on any atom is 0.307 e. The largest absolute Gasteiger partial charge is 0.466 e. The van der Waals surface area contributed by atoms with Gasteiger partial charge in [-0.2, -0.15) is 0 Å². The lowest BCUT2D eigenvalue weighted by atomic mass is 9.76. The number of carbonyl (C=O) groups excluding carboxylic acids is 2. The van der Waals surface area contributed by atoms with Crippen LogP contribution < -0.4 is 0 Å². The molecule has 1 aliphatic heterocycles. The molecule has 0 aromatic rings. The van der Waals surface area contributed by atoms with Gasteiger partial charge in [0.1, 0.15) is 0 Å². The van der Waals surface area contributed by atoms with Crippen LogP contribution in [-0.2, 0) is 18.8 Å². The molecule has 1 aliphatic rings. The molecule has 7 heteroatoms. The van der Waals surface area contributed by atoms with E-state index in [1.165, 1.54) is 0 Å². The highest BCUT2D eigenvalue weighted by atomic mass is 127. The summed E-state index contributed by atoms with van der Waals surface area (Å²) in [7, 11) is -1.83. The highest BCUT2D eigenvalue weighted by molar-refractivity contribution is 14.1. The molecule has 0 saturated carbocycles. The van der Waals surface area contributed by atoms with Crippen molar-refractivity contribution in [3.8, 4) is 0 Å². The summed E-state index contributed by atoms with van der Waals surface area (Å²) < 4.78 is 13.2. The summed E-state index contributed by atoms with van der Waals surface area (Å²) >= 11 is 2.11. The van der Waals surface area contributed by atoms with Gasteiger partial charge in [0.05, 0.1) is 25.0 Å². The van der Waals surface area contributed by atoms with E-state index < -0.39 is 13.7 Å². The fourth-order valence-corrected chi connectivity index (χ4v) is 4.64. The second-order valence-corrected chi connectivity index (χ2v) is 14.0. The minimum Gasteiger partial charge on any atom is -0.466 e. The predicted octanol–water partition coefficient (Wildman–Crippen LogP) is 4.52. The third-order valence-electron chi connectivity index (χ3n) is 5.54. The number of esters is 1.